The molecule has 1 saturated carbocycles. The highest BCUT2D eigenvalue weighted by atomic mass is 16.2. The second-order valence-electron chi connectivity index (χ2n) is 7.35. The Hall–Kier alpha value is -2.82. The molecular formula is C22H25N3O2. The van der Waals surface area contributed by atoms with Gasteiger partial charge in [0.15, 0.2) is 0 Å². The van der Waals surface area contributed by atoms with Crippen LogP contribution in [-0.2, 0) is 6.42 Å². The number of urea groups is 1. The summed E-state index contributed by atoms with van der Waals surface area (Å²) >= 11 is 0. The van der Waals surface area contributed by atoms with E-state index >= 15 is 0 Å². The Morgan fingerprint density at radius 3 is 2.63 bits per heavy atom. The maximum Gasteiger partial charge on any atom is 0.319 e. The fourth-order valence-electron chi connectivity index (χ4n) is 4.03. The largest absolute Gasteiger partial charge is 0.335 e. The van der Waals surface area contributed by atoms with Crippen molar-refractivity contribution in [3.05, 3.63) is 59.7 Å². The van der Waals surface area contributed by atoms with E-state index in [1.165, 1.54) is 24.8 Å². The van der Waals surface area contributed by atoms with Crippen LogP contribution in [0.2, 0.25) is 0 Å². The van der Waals surface area contributed by atoms with Crippen LogP contribution >= 0.6 is 0 Å². The summed E-state index contributed by atoms with van der Waals surface area (Å²) < 4.78 is 0. The minimum absolute atomic E-state index is 0.0312. The number of nitrogens with zero attached hydrogens (tertiary/aromatic N) is 1. The molecule has 0 unspecified atom stereocenters. The maximum atomic E-state index is 13.0. The second kappa shape index (κ2) is 7.82. The van der Waals surface area contributed by atoms with Crippen molar-refractivity contribution in [2.24, 2.45) is 0 Å². The summed E-state index contributed by atoms with van der Waals surface area (Å²) in [6.07, 6.45) is 6.56. The topological polar surface area (TPSA) is 61.4 Å². The van der Waals surface area contributed by atoms with Crippen LogP contribution in [0.3, 0.4) is 0 Å². The Labute approximate surface area is 159 Å². The number of hydrogen-bond donors (Lipinski definition) is 2. The summed E-state index contributed by atoms with van der Waals surface area (Å²) in [6, 6.07) is 15.2. The fraction of sp³-hybridized carbons (Fsp3) is 0.364. The van der Waals surface area contributed by atoms with Crippen LogP contribution in [0, 0.1) is 0 Å². The molecule has 4 rings (SSSR count). The molecule has 3 amide bonds. The molecule has 5 nitrogen and oxygen atoms in total. The first-order chi connectivity index (χ1) is 13.2. The van der Waals surface area contributed by atoms with Gasteiger partial charge in [0.1, 0.15) is 0 Å². The quantitative estimate of drug-likeness (QED) is 0.852. The van der Waals surface area contributed by atoms with Crippen molar-refractivity contribution in [3.63, 3.8) is 0 Å². The Kier molecular flexibility index (Phi) is 5.10. The molecule has 5 heteroatoms. The molecule has 0 spiro atoms. The highest BCUT2D eigenvalue weighted by Gasteiger charge is 2.25. The number of rotatable bonds is 3. The minimum Gasteiger partial charge on any atom is -0.335 e. The summed E-state index contributed by atoms with van der Waals surface area (Å²) in [5.41, 5.74) is 3.41. The van der Waals surface area contributed by atoms with Gasteiger partial charge in [-0.2, -0.15) is 0 Å². The van der Waals surface area contributed by atoms with E-state index in [9.17, 15) is 9.59 Å². The van der Waals surface area contributed by atoms with Gasteiger partial charge in [-0.1, -0.05) is 43.5 Å². The molecule has 0 saturated heterocycles. The lowest BCUT2D eigenvalue weighted by Crippen LogP contribution is -2.39. The first-order valence-electron chi connectivity index (χ1n) is 9.78. The minimum atomic E-state index is -0.196. The van der Waals surface area contributed by atoms with Crippen molar-refractivity contribution >= 4 is 23.3 Å². The molecule has 1 aliphatic heterocycles. The summed E-state index contributed by atoms with van der Waals surface area (Å²) in [7, 11) is 0. The molecule has 0 radical (unpaired) electrons. The highest BCUT2D eigenvalue weighted by molar-refractivity contribution is 6.08. The maximum absolute atomic E-state index is 13.0. The van der Waals surface area contributed by atoms with Crippen molar-refractivity contribution in [2.45, 2.75) is 44.6 Å². The van der Waals surface area contributed by atoms with Crippen LogP contribution in [0.25, 0.3) is 0 Å². The summed E-state index contributed by atoms with van der Waals surface area (Å²) in [5, 5.41) is 5.91. The third-order valence-corrected chi connectivity index (χ3v) is 5.44. The number of carbonyl (C=O) groups excluding carboxylic acids is 2. The Morgan fingerprint density at radius 2 is 1.78 bits per heavy atom. The first kappa shape index (κ1) is 17.6. The molecule has 2 aliphatic rings. The third kappa shape index (κ3) is 3.97. The predicted molar refractivity (Wildman–Crippen MR) is 107 cm³/mol. The number of anilines is 2. The fourth-order valence-corrected chi connectivity index (χ4v) is 4.03. The number of carbonyl (C=O) groups is 2. The van der Waals surface area contributed by atoms with Gasteiger partial charge in [0.25, 0.3) is 5.91 Å². The number of amides is 3. The van der Waals surface area contributed by atoms with Gasteiger partial charge in [-0.15, -0.1) is 0 Å². The average molecular weight is 363 g/mol. The lowest BCUT2D eigenvalue weighted by Gasteiger charge is -2.23. The van der Waals surface area contributed by atoms with E-state index in [0.29, 0.717) is 17.8 Å². The predicted octanol–water partition coefficient (Wildman–Crippen LogP) is 4.34. The molecule has 0 bridgehead atoms. The number of para-hydroxylation sites is 1. The van der Waals surface area contributed by atoms with Crippen LogP contribution in [-0.4, -0.2) is 24.5 Å². The standard InChI is InChI=1S/C22H25N3O2/c26-21(25-14-13-16-7-4-5-12-20(16)25)17-8-6-11-19(15-17)24-22(27)23-18-9-2-1-3-10-18/h4-8,11-12,15,18H,1-3,9-10,13-14H2,(H2,23,24,27). The first-order valence-corrected chi connectivity index (χ1v) is 9.78. The van der Waals surface area contributed by atoms with Gasteiger partial charge in [-0.3, -0.25) is 4.79 Å². The molecule has 2 N–H and O–H groups in total. The third-order valence-electron chi connectivity index (χ3n) is 5.44. The number of hydrogen-bond acceptors (Lipinski definition) is 2. The average Bonchev–Trinajstić information content (AvgIpc) is 3.12. The Bertz CT molecular complexity index is 843. The van der Waals surface area contributed by atoms with Crippen LogP contribution < -0.4 is 15.5 Å². The van der Waals surface area contributed by atoms with E-state index in [1.54, 1.807) is 12.1 Å². The second-order valence-corrected chi connectivity index (χ2v) is 7.35. The Morgan fingerprint density at radius 1 is 0.963 bits per heavy atom. The molecule has 0 atom stereocenters. The van der Waals surface area contributed by atoms with Gasteiger partial charge in [0.05, 0.1) is 0 Å². The van der Waals surface area contributed by atoms with Gasteiger partial charge in [-0.25, -0.2) is 4.79 Å². The highest BCUT2D eigenvalue weighted by Crippen LogP contribution is 2.29. The van der Waals surface area contributed by atoms with E-state index in [0.717, 1.165) is 24.9 Å². The number of benzene rings is 2. The van der Waals surface area contributed by atoms with Crippen LogP contribution in [0.1, 0.15) is 48.0 Å². The van der Waals surface area contributed by atoms with Crippen LogP contribution in [0.5, 0.6) is 0 Å². The van der Waals surface area contributed by atoms with E-state index in [1.807, 2.05) is 35.2 Å². The van der Waals surface area contributed by atoms with Gasteiger partial charge >= 0.3 is 6.03 Å². The SMILES string of the molecule is O=C(Nc1cccc(C(=O)N2CCc3ccccc32)c1)NC1CCCCC1. The molecule has 0 aromatic heterocycles. The van der Waals surface area contributed by atoms with Crippen LogP contribution in [0.4, 0.5) is 16.2 Å². The smallest absolute Gasteiger partial charge is 0.319 e. The normalized spacial score (nSPS) is 16.7. The van der Waals surface area contributed by atoms with Gasteiger partial charge < -0.3 is 15.5 Å². The van der Waals surface area contributed by atoms with Crippen molar-refractivity contribution in [1.82, 2.24) is 5.32 Å². The molecule has 2 aromatic rings. The van der Waals surface area contributed by atoms with E-state index in [4.69, 9.17) is 0 Å². The number of nitrogens with one attached hydrogen (secondary N) is 2. The van der Waals surface area contributed by atoms with Crippen molar-refractivity contribution < 1.29 is 9.59 Å². The zero-order valence-corrected chi connectivity index (χ0v) is 15.4. The van der Waals surface area contributed by atoms with Crippen molar-refractivity contribution in [3.8, 4) is 0 Å². The van der Waals surface area contributed by atoms with Crippen LogP contribution in [0.15, 0.2) is 48.5 Å². The van der Waals surface area contributed by atoms with Crippen molar-refractivity contribution in [1.29, 1.82) is 0 Å². The molecular weight excluding hydrogens is 338 g/mol. The van der Waals surface area contributed by atoms with E-state index < -0.39 is 0 Å². The molecule has 1 heterocycles. The number of fused-ring (bicyclic) bond motifs is 1. The van der Waals surface area contributed by atoms with E-state index in [2.05, 4.69) is 16.7 Å². The lowest BCUT2D eigenvalue weighted by atomic mass is 9.96. The Balaban J connectivity index is 1.43. The summed E-state index contributed by atoms with van der Waals surface area (Å²) in [4.78, 5) is 27.0. The molecule has 1 aliphatic carbocycles. The van der Waals surface area contributed by atoms with Crippen molar-refractivity contribution in [2.75, 3.05) is 16.8 Å². The zero-order valence-electron chi connectivity index (χ0n) is 15.4. The molecule has 27 heavy (non-hydrogen) atoms. The molecule has 1 fully saturated rings. The summed E-state index contributed by atoms with van der Waals surface area (Å²) in [6.45, 7) is 0.692. The van der Waals surface area contributed by atoms with Gasteiger partial charge in [-0.05, 0) is 49.1 Å². The summed E-state index contributed by atoms with van der Waals surface area (Å²) in [5.74, 6) is -0.0312. The van der Waals surface area contributed by atoms with Gasteiger partial charge in [0.2, 0.25) is 0 Å². The zero-order chi connectivity index (χ0) is 18.6. The molecule has 140 valence electrons. The van der Waals surface area contributed by atoms with Gasteiger partial charge in [0, 0.05) is 29.5 Å². The lowest BCUT2D eigenvalue weighted by molar-refractivity contribution is 0.0989. The van der Waals surface area contributed by atoms with E-state index in [-0.39, 0.29) is 18.0 Å². The monoisotopic (exact) mass is 363 g/mol. The molecule has 2 aromatic carbocycles.